The maximum absolute atomic E-state index is 11.2. The Labute approximate surface area is 154 Å². The van der Waals surface area contributed by atoms with E-state index in [4.69, 9.17) is 47.0 Å². The van der Waals surface area contributed by atoms with Crippen LogP contribution < -0.4 is 16.0 Å². The van der Waals surface area contributed by atoms with Gasteiger partial charge in [-0.15, -0.1) is 0 Å². The first kappa shape index (κ1) is 18.1. The summed E-state index contributed by atoms with van der Waals surface area (Å²) in [5.41, 5.74) is 0.812. The number of benzene rings is 2. The number of thiocarbonyl (C=S) groups is 1. The lowest BCUT2D eigenvalue weighted by Crippen LogP contribution is -2.55. The van der Waals surface area contributed by atoms with Crippen molar-refractivity contribution in [3.8, 4) is 0 Å². The Morgan fingerprint density at radius 1 is 1.09 bits per heavy atom. The number of anilines is 1. The fourth-order valence-corrected chi connectivity index (χ4v) is 2.58. The fourth-order valence-electron chi connectivity index (χ4n) is 2.03. The molecule has 1 unspecified atom stereocenters. The van der Waals surface area contributed by atoms with E-state index in [-0.39, 0.29) is 11.0 Å². The number of hydrogen-bond donors (Lipinski definition) is 3. The van der Waals surface area contributed by atoms with Crippen molar-refractivity contribution in [2.75, 3.05) is 5.32 Å². The van der Waals surface area contributed by atoms with E-state index in [1.165, 1.54) is 6.92 Å². The van der Waals surface area contributed by atoms with Crippen LogP contribution in [0.15, 0.2) is 42.5 Å². The molecular weight excluding hydrogens is 377 g/mol. The lowest BCUT2D eigenvalue weighted by atomic mass is 10.1. The number of rotatable bonds is 3. The quantitative estimate of drug-likeness (QED) is 0.422. The van der Waals surface area contributed by atoms with Crippen molar-refractivity contribution in [1.29, 1.82) is 0 Å². The van der Waals surface area contributed by atoms with Gasteiger partial charge in [-0.3, -0.25) is 4.79 Å². The predicted molar refractivity (Wildman–Crippen MR) is 101 cm³/mol. The molecule has 23 heavy (non-hydrogen) atoms. The van der Waals surface area contributed by atoms with E-state index in [1.807, 2.05) is 42.5 Å². The summed E-state index contributed by atoms with van der Waals surface area (Å²) < 4.78 is -1.75. The van der Waals surface area contributed by atoms with Gasteiger partial charge in [0.1, 0.15) is 6.17 Å². The summed E-state index contributed by atoms with van der Waals surface area (Å²) >= 11 is 22.8. The molecule has 0 aliphatic rings. The molecular formula is C15H14Cl3N3OS. The second-order valence-electron chi connectivity index (χ2n) is 4.80. The molecule has 0 fully saturated rings. The Morgan fingerprint density at radius 3 is 2.39 bits per heavy atom. The number of amides is 1. The number of carbonyl (C=O) groups is 1. The zero-order valence-electron chi connectivity index (χ0n) is 12.1. The first-order valence-electron chi connectivity index (χ1n) is 6.66. The van der Waals surface area contributed by atoms with Crippen molar-refractivity contribution in [3.63, 3.8) is 0 Å². The van der Waals surface area contributed by atoms with E-state index in [9.17, 15) is 4.79 Å². The first-order valence-corrected chi connectivity index (χ1v) is 8.20. The average molecular weight is 391 g/mol. The molecule has 3 N–H and O–H groups in total. The molecule has 4 nitrogen and oxygen atoms in total. The molecule has 1 amide bonds. The third-order valence-corrected chi connectivity index (χ3v) is 3.86. The van der Waals surface area contributed by atoms with Crippen LogP contribution in [0, 0.1) is 0 Å². The van der Waals surface area contributed by atoms with E-state index in [0.717, 1.165) is 16.5 Å². The van der Waals surface area contributed by atoms with Crippen LogP contribution in [0.3, 0.4) is 0 Å². The number of fused-ring (bicyclic) bond motifs is 1. The van der Waals surface area contributed by atoms with Crippen LogP contribution in [0.4, 0.5) is 5.69 Å². The average Bonchev–Trinajstić information content (AvgIpc) is 2.45. The molecule has 2 rings (SSSR count). The van der Waals surface area contributed by atoms with Gasteiger partial charge in [0.2, 0.25) is 9.70 Å². The standard InChI is InChI=1S/C15H14Cl3N3OS/c1-9(22)19-13(15(16,17)18)21-14(23)20-12-8-4-6-10-5-2-3-7-11(10)12/h2-8,13H,1H3,(H,19,22)(H2,20,21,23). The Kier molecular flexibility index (Phi) is 5.92. The molecule has 0 aliphatic carbocycles. The van der Waals surface area contributed by atoms with E-state index in [1.54, 1.807) is 0 Å². The zero-order chi connectivity index (χ0) is 17.0. The minimum absolute atomic E-state index is 0.228. The number of alkyl halides is 3. The van der Waals surface area contributed by atoms with Gasteiger partial charge in [-0.2, -0.15) is 0 Å². The van der Waals surface area contributed by atoms with E-state index in [2.05, 4.69) is 16.0 Å². The Hall–Kier alpha value is -1.27. The summed E-state index contributed by atoms with van der Waals surface area (Å²) in [6, 6.07) is 13.7. The fraction of sp³-hybridized carbons (Fsp3) is 0.200. The van der Waals surface area contributed by atoms with Crippen molar-refractivity contribution in [2.24, 2.45) is 0 Å². The highest BCUT2D eigenvalue weighted by Gasteiger charge is 2.34. The summed E-state index contributed by atoms with van der Waals surface area (Å²) in [5.74, 6) is -0.346. The minimum Gasteiger partial charge on any atom is -0.339 e. The number of halogens is 3. The van der Waals surface area contributed by atoms with Crippen LogP contribution in [0.1, 0.15) is 6.92 Å². The normalized spacial score (nSPS) is 12.5. The molecule has 2 aromatic rings. The predicted octanol–water partition coefficient (Wildman–Crippen LogP) is 3.96. The highest BCUT2D eigenvalue weighted by atomic mass is 35.6. The maximum Gasteiger partial charge on any atom is 0.228 e. The third-order valence-electron chi connectivity index (χ3n) is 2.99. The summed E-state index contributed by atoms with van der Waals surface area (Å²) in [6.45, 7) is 1.33. The SMILES string of the molecule is CC(=O)NC(NC(=S)Nc1cccc2ccccc12)C(Cl)(Cl)Cl. The van der Waals surface area contributed by atoms with Crippen LogP contribution in [0.5, 0.6) is 0 Å². The van der Waals surface area contributed by atoms with Crippen molar-refractivity contribution in [1.82, 2.24) is 10.6 Å². The summed E-state index contributed by atoms with van der Waals surface area (Å²) in [5, 5.41) is 10.6. The summed E-state index contributed by atoms with van der Waals surface area (Å²) in [6.07, 6.45) is -0.958. The van der Waals surface area contributed by atoms with E-state index < -0.39 is 9.96 Å². The molecule has 2 aromatic carbocycles. The first-order chi connectivity index (χ1) is 10.8. The molecule has 0 bridgehead atoms. The molecule has 0 spiro atoms. The van der Waals surface area contributed by atoms with Crippen LogP contribution in [0.2, 0.25) is 0 Å². The largest absolute Gasteiger partial charge is 0.339 e. The van der Waals surface area contributed by atoms with E-state index in [0.29, 0.717) is 0 Å². The van der Waals surface area contributed by atoms with Gasteiger partial charge in [0.25, 0.3) is 0 Å². The number of hydrogen-bond acceptors (Lipinski definition) is 2. The smallest absolute Gasteiger partial charge is 0.228 e. The molecule has 1 atom stereocenters. The minimum atomic E-state index is -1.75. The molecule has 8 heteroatoms. The lowest BCUT2D eigenvalue weighted by molar-refractivity contribution is -0.119. The van der Waals surface area contributed by atoms with Crippen LogP contribution in [-0.2, 0) is 4.79 Å². The van der Waals surface area contributed by atoms with Crippen molar-refractivity contribution in [2.45, 2.75) is 16.9 Å². The van der Waals surface area contributed by atoms with Gasteiger partial charge in [0.15, 0.2) is 5.11 Å². The zero-order valence-corrected chi connectivity index (χ0v) is 15.2. The van der Waals surface area contributed by atoms with Crippen LogP contribution >= 0.6 is 47.0 Å². The highest BCUT2D eigenvalue weighted by molar-refractivity contribution is 7.80. The van der Waals surface area contributed by atoms with Crippen LogP contribution in [0.25, 0.3) is 10.8 Å². The van der Waals surface area contributed by atoms with Gasteiger partial charge < -0.3 is 16.0 Å². The van der Waals surface area contributed by atoms with Gasteiger partial charge >= 0.3 is 0 Å². The molecule has 0 aliphatic heterocycles. The van der Waals surface area contributed by atoms with Crippen molar-refractivity contribution < 1.29 is 4.79 Å². The highest BCUT2D eigenvalue weighted by Crippen LogP contribution is 2.29. The maximum atomic E-state index is 11.2. The monoisotopic (exact) mass is 389 g/mol. The molecule has 0 radical (unpaired) electrons. The molecule has 122 valence electrons. The van der Waals surface area contributed by atoms with Gasteiger partial charge in [-0.1, -0.05) is 71.2 Å². The molecule has 0 heterocycles. The van der Waals surface area contributed by atoms with Crippen molar-refractivity contribution >= 4 is 74.5 Å². The lowest BCUT2D eigenvalue weighted by Gasteiger charge is -2.27. The van der Waals surface area contributed by atoms with Gasteiger partial charge in [-0.05, 0) is 23.7 Å². The second-order valence-corrected chi connectivity index (χ2v) is 7.58. The summed E-state index contributed by atoms with van der Waals surface area (Å²) in [7, 11) is 0. The second kappa shape index (κ2) is 7.53. The topological polar surface area (TPSA) is 53.2 Å². The van der Waals surface area contributed by atoms with E-state index >= 15 is 0 Å². The van der Waals surface area contributed by atoms with Gasteiger partial charge in [0.05, 0.1) is 0 Å². The van der Waals surface area contributed by atoms with Gasteiger partial charge in [-0.25, -0.2) is 0 Å². The number of carbonyl (C=O) groups excluding carboxylic acids is 1. The molecule has 0 saturated carbocycles. The molecule has 0 aromatic heterocycles. The third kappa shape index (κ3) is 5.11. The Morgan fingerprint density at radius 2 is 1.74 bits per heavy atom. The molecule has 0 saturated heterocycles. The summed E-state index contributed by atoms with van der Waals surface area (Å²) in [4.78, 5) is 11.2. The Balaban J connectivity index is 2.15. The Bertz CT molecular complexity index is 728. The van der Waals surface area contributed by atoms with Crippen molar-refractivity contribution in [3.05, 3.63) is 42.5 Å². The van der Waals surface area contributed by atoms with Gasteiger partial charge in [0, 0.05) is 18.0 Å². The van der Waals surface area contributed by atoms with Crippen LogP contribution in [-0.4, -0.2) is 21.0 Å². The number of nitrogens with one attached hydrogen (secondary N) is 3.